The van der Waals surface area contributed by atoms with Gasteiger partial charge >= 0.3 is 0 Å². The highest BCUT2D eigenvalue weighted by molar-refractivity contribution is 6.19. The molecule has 11 rings (SSSR count). The summed E-state index contributed by atoms with van der Waals surface area (Å²) in [6.45, 7) is 0. The average molecular weight is 714 g/mol. The lowest BCUT2D eigenvalue weighted by molar-refractivity contribution is 0.673. The molecule has 0 radical (unpaired) electrons. The molecule has 0 spiro atoms. The zero-order valence-corrected chi connectivity index (χ0v) is 30.6. The van der Waals surface area contributed by atoms with Crippen LogP contribution in [0.2, 0.25) is 0 Å². The molecule has 0 N–H and O–H groups in total. The van der Waals surface area contributed by atoms with E-state index >= 15 is 0 Å². The zero-order valence-electron chi connectivity index (χ0n) is 30.6. The molecule has 0 unspecified atom stereocenters. The van der Waals surface area contributed by atoms with E-state index in [2.05, 4.69) is 217 Å². The third-order valence-corrected chi connectivity index (χ3v) is 11.2. The highest BCUT2D eigenvalue weighted by Gasteiger charge is 2.20. The number of anilines is 3. The second-order valence-corrected chi connectivity index (χ2v) is 14.5. The molecule has 10 aromatic carbocycles. The third kappa shape index (κ3) is 5.34. The zero-order chi connectivity index (χ0) is 37.0. The number of hydrogen-bond acceptors (Lipinski definition) is 2. The summed E-state index contributed by atoms with van der Waals surface area (Å²) in [5.41, 5.74) is 12.2. The molecular formula is C54H35NO. The lowest BCUT2D eigenvalue weighted by Gasteiger charge is -2.28. The van der Waals surface area contributed by atoms with Crippen molar-refractivity contribution in [3.8, 4) is 33.4 Å². The second kappa shape index (κ2) is 13.2. The predicted molar refractivity (Wildman–Crippen MR) is 237 cm³/mol. The topological polar surface area (TPSA) is 16.4 Å². The van der Waals surface area contributed by atoms with Gasteiger partial charge in [0, 0.05) is 32.9 Å². The Balaban J connectivity index is 1.09. The fourth-order valence-electron chi connectivity index (χ4n) is 8.54. The van der Waals surface area contributed by atoms with E-state index in [-0.39, 0.29) is 0 Å². The van der Waals surface area contributed by atoms with Crippen molar-refractivity contribution < 1.29 is 4.42 Å². The molecule has 2 nitrogen and oxygen atoms in total. The first-order valence-electron chi connectivity index (χ1n) is 19.2. The van der Waals surface area contributed by atoms with E-state index in [0.29, 0.717) is 0 Å². The normalized spacial score (nSPS) is 11.6. The van der Waals surface area contributed by atoms with E-state index < -0.39 is 0 Å². The van der Waals surface area contributed by atoms with Gasteiger partial charge in [-0.3, -0.25) is 0 Å². The summed E-state index contributed by atoms with van der Waals surface area (Å²) in [6.07, 6.45) is 0. The summed E-state index contributed by atoms with van der Waals surface area (Å²) >= 11 is 0. The first-order chi connectivity index (χ1) is 27.8. The van der Waals surface area contributed by atoms with Gasteiger partial charge in [0.1, 0.15) is 11.2 Å². The molecule has 1 heterocycles. The highest BCUT2D eigenvalue weighted by atomic mass is 16.3. The van der Waals surface area contributed by atoms with Gasteiger partial charge in [0.15, 0.2) is 0 Å². The van der Waals surface area contributed by atoms with Crippen LogP contribution in [0.3, 0.4) is 0 Å². The highest BCUT2D eigenvalue weighted by Crippen LogP contribution is 2.45. The molecular weight excluding hydrogens is 679 g/mol. The quantitative estimate of drug-likeness (QED) is 0.160. The van der Waals surface area contributed by atoms with Crippen molar-refractivity contribution in [2.24, 2.45) is 0 Å². The molecule has 2 heteroatoms. The van der Waals surface area contributed by atoms with Crippen LogP contribution in [-0.2, 0) is 0 Å². The van der Waals surface area contributed by atoms with E-state index in [1.54, 1.807) is 0 Å². The molecule has 11 aromatic rings. The molecule has 262 valence electrons. The third-order valence-electron chi connectivity index (χ3n) is 11.2. The molecule has 0 aliphatic carbocycles. The summed E-state index contributed by atoms with van der Waals surface area (Å²) in [4.78, 5) is 2.42. The van der Waals surface area contributed by atoms with Crippen molar-refractivity contribution in [3.63, 3.8) is 0 Å². The summed E-state index contributed by atoms with van der Waals surface area (Å²) in [6, 6.07) is 76.4. The SMILES string of the molecule is c1ccc(-c2cccc(N(c3ccc(-c4cc5c6ccc(-c7ccccc7)cc6oc5c5ccccc45)cc3)c3cc4ccccc4c4ccccc34)c2)cc1. The van der Waals surface area contributed by atoms with Crippen molar-refractivity contribution in [2.45, 2.75) is 0 Å². The first kappa shape index (κ1) is 32.0. The Hall–Kier alpha value is -7.42. The molecule has 0 amide bonds. The molecule has 0 aliphatic heterocycles. The largest absolute Gasteiger partial charge is 0.455 e. The lowest BCUT2D eigenvalue weighted by atomic mass is 9.94. The molecule has 0 aliphatic rings. The van der Waals surface area contributed by atoms with Gasteiger partial charge in [0.2, 0.25) is 0 Å². The van der Waals surface area contributed by atoms with Crippen LogP contribution in [0.5, 0.6) is 0 Å². The van der Waals surface area contributed by atoms with Crippen LogP contribution in [-0.4, -0.2) is 0 Å². The van der Waals surface area contributed by atoms with Crippen LogP contribution < -0.4 is 4.90 Å². The minimum Gasteiger partial charge on any atom is -0.455 e. The van der Waals surface area contributed by atoms with Crippen LogP contribution in [0.1, 0.15) is 0 Å². The maximum atomic E-state index is 6.67. The van der Waals surface area contributed by atoms with Crippen LogP contribution in [0.4, 0.5) is 17.1 Å². The van der Waals surface area contributed by atoms with Gasteiger partial charge in [-0.1, -0.05) is 164 Å². The Morgan fingerprint density at radius 1 is 0.304 bits per heavy atom. The molecule has 0 saturated carbocycles. The Morgan fingerprint density at radius 3 is 1.64 bits per heavy atom. The molecule has 0 atom stereocenters. The standard InChI is InChI=1S/C54H35NO/c1-3-14-36(15-4-1)39-19-13-20-43(32-39)55(52-33-41-18-7-8-21-44(41)45-22-9-11-24-47(45)52)42-29-26-38(27-30-42)50-35-51-48-31-28-40(37-16-5-2-6-17-37)34-53(48)56-54(51)49-25-12-10-23-46(49)50/h1-35H. The average Bonchev–Trinajstić information content (AvgIpc) is 3.65. The molecule has 0 fully saturated rings. The van der Waals surface area contributed by atoms with Gasteiger partial charge in [-0.2, -0.15) is 0 Å². The van der Waals surface area contributed by atoms with Crippen molar-refractivity contribution in [2.75, 3.05) is 4.90 Å². The number of rotatable bonds is 6. The van der Waals surface area contributed by atoms with Crippen LogP contribution in [0.25, 0.3) is 87.6 Å². The second-order valence-electron chi connectivity index (χ2n) is 14.5. The van der Waals surface area contributed by atoms with E-state index in [9.17, 15) is 0 Å². The van der Waals surface area contributed by atoms with Crippen molar-refractivity contribution in [1.82, 2.24) is 0 Å². The minimum absolute atomic E-state index is 0.898. The summed E-state index contributed by atoms with van der Waals surface area (Å²) in [5.74, 6) is 0. The van der Waals surface area contributed by atoms with Crippen LogP contribution in [0.15, 0.2) is 217 Å². The Labute approximate surface area is 325 Å². The lowest BCUT2D eigenvalue weighted by Crippen LogP contribution is -2.10. The number of hydrogen-bond donors (Lipinski definition) is 0. The van der Waals surface area contributed by atoms with E-state index in [1.165, 1.54) is 49.2 Å². The molecule has 0 saturated heterocycles. The number of benzene rings is 10. The fourth-order valence-corrected chi connectivity index (χ4v) is 8.54. The Morgan fingerprint density at radius 2 is 0.893 bits per heavy atom. The molecule has 56 heavy (non-hydrogen) atoms. The smallest absolute Gasteiger partial charge is 0.143 e. The van der Waals surface area contributed by atoms with E-state index in [4.69, 9.17) is 4.42 Å². The van der Waals surface area contributed by atoms with Gasteiger partial charge in [0.05, 0.1) is 5.69 Å². The van der Waals surface area contributed by atoms with E-state index in [1.807, 2.05) is 0 Å². The summed E-state index contributed by atoms with van der Waals surface area (Å²) in [5, 5.41) is 9.45. The maximum Gasteiger partial charge on any atom is 0.143 e. The van der Waals surface area contributed by atoms with Crippen molar-refractivity contribution in [3.05, 3.63) is 212 Å². The Kier molecular flexibility index (Phi) is 7.53. The van der Waals surface area contributed by atoms with Crippen LogP contribution in [0, 0.1) is 0 Å². The van der Waals surface area contributed by atoms with Crippen LogP contribution >= 0.6 is 0 Å². The fraction of sp³-hybridized carbons (Fsp3) is 0. The maximum absolute atomic E-state index is 6.67. The van der Waals surface area contributed by atoms with Gasteiger partial charge in [-0.05, 0) is 103 Å². The van der Waals surface area contributed by atoms with Gasteiger partial charge in [0.25, 0.3) is 0 Å². The number of furan rings is 1. The molecule has 1 aromatic heterocycles. The number of fused-ring (bicyclic) bond motifs is 8. The summed E-state index contributed by atoms with van der Waals surface area (Å²) in [7, 11) is 0. The summed E-state index contributed by atoms with van der Waals surface area (Å²) < 4.78 is 6.67. The Bertz CT molecular complexity index is 3230. The van der Waals surface area contributed by atoms with Gasteiger partial charge in [-0.15, -0.1) is 0 Å². The monoisotopic (exact) mass is 713 g/mol. The van der Waals surface area contributed by atoms with Crippen molar-refractivity contribution >= 4 is 71.3 Å². The van der Waals surface area contributed by atoms with Gasteiger partial charge < -0.3 is 9.32 Å². The first-order valence-corrected chi connectivity index (χ1v) is 19.2. The molecule has 0 bridgehead atoms. The van der Waals surface area contributed by atoms with Crippen molar-refractivity contribution in [1.29, 1.82) is 0 Å². The minimum atomic E-state index is 0.898. The van der Waals surface area contributed by atoms with E-state index in [0.717, 1.165) is 55.5 Å². The predicted octanol–water partition coefficient (Wildman–Crippen LogP) is 15.5. The van der Waals surface area contributed by atoms with Gasteiger partial charge in [-0.25, -0.2) is 0 Å². The number of nitrogens with zero attached hydrogens (tertiary/aromatic N) is 1.